The highest BCUT2D eigenvalue weighted by atomic mass is 15.3. The standard InChI is InChI=1S/C21H22N4/c1-24(2)21(19-13-22-20-11-7-6-10-18(19)20)17-12-23-25(15-17)14-16-8-4-3-5-9-16/h3-13,15,21-22H,14H2,1-2H3. The predicted molar refractivity (Wildman–Crippen MR) is 102 cm³/mol. The molecule has 0 radical (unpaired) electrons. The first kappa shape index (κ1) is 15.7. The fraction of sp³-hybridized carbons (Fsp3) is 0.190. The Labute approximate surface area is 147 Å². The molecule has 4 aromatic rings. The van der Waals surface area contributed by atoms with Gasteiger partial charge >= 0.3 is 0 Å². The van der Waals surface area contributed by atoms with Crippen molar-refractivity contribution >= 4 is 10.9 Å². The Morgan fingerprint density at radius 2 is 1.80 bits per heavy atom. The molecule has 0 fully saturated rings. The summed E-state index contributed by atoms with van der Waals surface area (Å²) in [7, 11) is 4.22. The molecule has 25 heavy (non-hydrogen) atoms. The van der Waals surface area contributed by atoms with E-state index in [4.69, 9.17) is 0 Å². The fourth-order valence-corrected chi connectivity index (χ4v) is 3.45. The summed E-state index contributed by atoms with van der Waals surface area (Å²) in [6.45, 7) is 0.787. The molecule has 4 rings (SSSR count). The number of rotatable bonds is 5. The molecular formula is C21H22N4. The number of nitrogens with one attached hydrogen (secondary N) is 1. The van der Waals surface area contributed by atoms with Crippen LogP contribution in [0.4, 0.5) is 0 Å². The highest BCUT2D eigenvalue weighted by molar-refractivity contribution is 5.84. The average molecular weight is 330 g/mol. The maximum atomic E-state index is 4.58. The summed E-state index contributed by atoms with van der Waals surface area (Å²) in [5.41, 5.74) is 4.90. The van der Waals surface area contributed by atoms with Crippen LogP contribution >= 0.6 is 0 Å². The molecule has 4 heteroatoms. The monoisotopic (exact) mass is 330 g/mol. The molecule has 1 N–H and O–H groups in total. The Kier molecular flexibility index (Phi) is 4.12. The number of aromatic amines is 1. The second-order valence-electron chi connectivity index (χ2n) is 6.61. The van der Waals surface area contributed by atoms with Crippen molar-refractivity contribution in [3.05, 3.63) is 89.9 Å². The highest BCUT2D eigenvalue weighted by Gasteiger charge is 2.21. The lowest BCUT2D eigenvalue weighted by molar-refractivity contribution is 0.344. The number of para-hydroxylation sites is 1. The van der Waals surface area contributed by atoms with E-state index >= 15 is 0 Å². The number of benzene rings is 2. The number of fused-ring (bicyclic) bond motifs is 1. The van der Waals surface area contributed by atoms with E-state index in [1.54, 1.807) is 0 Å². The van der Waals surface area contributed by atoms with Crippen molar-refractivity contribution in [2.45, 2.75) is 12.6 Å². The third-order valence-electron chi connectivity index (χ3n) is 4.59. The SMILES string of the molecule is CN(C)C(c1cnn(Cc2ccccc2)c1)c1c[nH]c2ccccc12. The second kappa shape index (κ2) is 6.57. The molecule has 0 saturated carbocycles. The van der Waals surface area contributed by atoms with Gasteiger partial charge in [-0.25, -0.2) is 0 Å². The van der Waals surface area contributed by atoms with Crippen LogP contribution in [0.3, 0.4) is 0 Å². The molecule has 4 nitrogen and oxygen atoms in total. The van der Waals surface area contributed by atoms with E-state index in [-0.39, 0.29) is 6.04 Å². The molecule has 2 aromatic heterocycles. The van der Waals surface area contributed by atoms with Gasteiger partial charge in [0, 0.05) is 28.9 Å². The van der Waals surface area contributed by atoms with Gasteiger partial charge in [-0.1, -0.05) is 48.5 Å². The first-order valence-corrected chi connectivity index (χ1v) is 8.51. The summed E-state index contributed by atoms with van der Waals surface area (Å²) in [5, 5.41) is 5.85. The van der Waals surface area contributed by atoms with E-state index in [0.717, 1.165) is 6.54 Å². The summed E-state index contributed by atoms with van der Waals surface area (Å²) in [5.74, 6) is 0. The molecule has 126 valence electrons. The first-order valence-electron chi connectivity index (χ1n) is 8.51. The van der Waals surface area contributed by atoms with Crippen LogP contribution in [0.25, 0.3) is 10.9 Å². The summed E-state index contributed by atoms with van der Waals surface area (Å²) in [6.07, 6.45) is 6.25. The molecule has 2 aromatic carbocycles. The maximum Gasteiger partial charge on any atom is 0.0659 e. The van der Waals surface area contributed by atoms with E-state index < -0.39 is 0 Å². The molecule has 0 bridgehead atoms. The lowest BCUT2D eigenvalue weighted by Crippen LogP contribution is -2.20. The van der Waals surface area contributed by atoms with Crippen molar-refractivity contribution in [1.29, 1.82) is 0 Å². The van der Waals surface area contributed by atoms with Gasteiger partial charge in [0.2, 0.25) is 0 Å². The molecule has 1 unspecified atom stereocenters. The molecule has 0 saturated heterocycles. The van der Waals surface area contributed by atoms with Crippen molar-refractivity contribution in [1.82, 2.24) is 19.7 Å². The van der Waals surface area contributed by atoms with Crippen LogP contribution in [-0.4, -0.2) is 33.8 Å². The van der Waals surface area contributed by atoms with Crippen molar-refractivity contribution in [2.75, 3.05) is 14.1 Å². The van der Waals surface area contributed by atoms with Gasteiger partial charge < -0.3 is 4.98 Å². The number of hydrogen-bond donors (Lipinski definition) is 1. The van der Waals surface area contributed by atoms with Gasteiger partial charge in [0.25, 0.3) is 0 Å². The zero-order valence-corrected chi connectivity index (χ0v) is 14.6. The van der Waals surface area contributed by atoms with Crippen LogP contribution in [0.15, 0.2) is 73.2 Å². The van der Waals surface area contributed by atoms with Crippen LogP contribution in [0.1, 0.15) is 22.7 Å². The van der Waals surface area contributed by atoms with Gasteiger partial charge in [0.1, 0.15) is 0 Å². The van der Waals surface area contributed by atoms with Gasteiger partial charge in [0.15, 0.2) is 0 Å². The average Bonchev–Trinajstić information content (AvgIpc) is 3.24. The third-order valence-corrected chi connectivity index (χ3v) is 4.59. The van der Waals surface area contributed by atoms with Crippen LogP contribution in [0.5, 0.6) is 0 Å². The number of nitrogens with zero attached hydrogens (tertiary/aromatic N) is 3. The van der Waals surface area contributed by atoms with Gasteiger partial charge in [-0.15, -0.1) is 0 Å². The van der Waals surface area contributed by atoms with Gasteiger partial charge in [-0.3, -0.25) is 9.58 Å². The lowest BCUT2D eigenvalue weighted by Gasteiger charge is -2.23. The normalized spacial score (nSPS) is 12.8. The molecule has 0 amide bonds. The fourth-order valence-electron chi connectivity index (χ4n) is 3.45. The smallest absolute Gasteiger partial charge is 0.0659 e. The minimum atomic E-state index is 0.167. The van der Waals surface area contributed by atoms with Crippen molar-refractivity contribution in [3.63, 3.8) is 0 Å². The molecule has 0 aliphatic heterocycles. The van der Waals surface area contributed by atoms with Gasteiger partial charge in [-0.05, 0) is 31.3 Å². The summed E-state index contributed by atoms with van der Waals surface area (Å²) >= 11 is 0. The van der Waals surface area contributed by atoms with Crippen LogP contribution in [-0.2, 0) is 6.54 Å². The topological polar surface area (TPSA) is 36.9 Å². The van der Waals surface area contributed by atoms with E-state index in [1.165, 1.54) is 27.6 Å². The van der Waals surface area contributed by atoms with Crippen LogP contribution in [0.2, 0.25) is 0 Å². The lowest BCUT2D eigenvalue weighted by atomic mass is 10.00. The van der Waals surface area contributed by atoms with Crippen LogP contribution < -0.4 is 0 Å². The second-order valence-corrected chi connectivity index (χ2v) is 6.61. The van der Waals surface area contributed by atoms with Crippen LogP contribution in [0, 0.1) is 0 Å². The molecule has 0 aliphatic carbocycles. The Bertz CT molecular complexity index is 966. The summed E-state index contributed by atoms with van der Waals surface area (Å²) < 4.78 is 2.01. The van der Waals surface area contributed by atoms with E-state index in [1.807, 2.05) is 16.9 Å². The van der Waals surface area contributed by atoms with E-state index in [2.05, 4.69) is 90.0 Å². The number of hydrogen-bond acceptors (Lipinski definition) is 2. The summed E-state index contributed by atoms with van der Waals surface area (Å²) in [6, 6.07) is 19.0. The Morgan fingerprint density at radius 3 is 2.60 bits per heavy atom. The van der Waals surface area contributed by atoms with E-state index in [9.17, 15) is 0 Å². The Hall–Kier alpha value is -2.85. The van der Waals surface area contributed by atoms with Gasteiger partial charge in [-0.2, -0.15) is 5.10 Å². The quantitative estimate of drug-likeness (QED) is 0.599. The number of H-pyrrole nitrogens is 1. The Morgan fingerprint density at radius 1 is 1.04 bits per heavy atom. The zero-order valence-electron chi connectivity index (χ0n) is 14.6. The predicted octanol–water partition coefficient (Wildman–Crippen LogP) is 4.06. The third kappa shape index (κ3) is 3.08. The number of aromatic nitrogens is 3. The molecule has 0 aliphatic rings. The van der Waals surface area contributed by atoms with E-state index in [0.29, 0.717) is 0 Å². The first-order chi connectivity index (χ1) is 12.2. The molecule has 0 spiro atoms. The molecule has 2 heterocycles. The minimum absolute atomic E-state index is 0.167. The summed E-state index contributed by atoms with van der Waals surface area (Å²) in [4.78, 5) is 5.62. The highest BCUT2D eigenvalue weighted by Crippen LogP contribution is 2.32. The molecule has 1 atom stereocenters. The van der Waals surface area contributed by atoms with Crippen molar-refractivity contribution < 1.29 is 0 Å². The maximum absolute atomic E-state index is 4.58. The Balaban J connectivity index is 1.68. The van der Waals surface area contributed by atoms with Crippen molar-refractivity contribution in [2.24, 2.45) is 0 Å². The largest absolute Gasteiger partial charge is 0.361 e. The zero-order chi connectivity index (χ0) is 17.2. The molecular weight excluding hydrogens is 308 g/mol. The van der Waals surface area contributed by atoms with Gasteiger partial charge in [0.05, 0.1) is 18.8 Å². The minimum Gasteiger partial charge on any atom is -0.361 e. The van der Waals surface area contributed by atoms with Crippen molar-refractivity contribution in [3.8, 4) is 0 Å².